The summed E-state index contributed by atoms with van der Waals surface area (Å²) in [5.74, 6) is 0.0984. The van der Waals surface area contributed by atoms with Crippen LogP contribution in [0, 0.1) is 5.92 Å². The monoisotopic (exact) mass is 186 g/mol. The van der Waals surface area contributed by atoms with Crippen LogP contribution in [0.4, 0.5) is 0 Å². The predicted octanol–water partition coefficient (Wildman–Crippen LogP) is 1.78. The van der Waals surface area contributed by atoms with E-state index in [1.54, 1.807) is 6.92 Å². The summed E-state index contributed by atoms with van der Waals surface area (Å²) >= 11 is 0. The highest BCUT2D eigenvalue weighted by Gasteiger charge is 2.07. The van der Waals surface area contributed by atoms with Crippen molar-refractivity contribution in [2.24, 2.45) is 5.92 Å². The molecule has 0 bridgehead atoms. The molecule has 0 N–H and O–H groups in total. The number of carbonyl (C=O) groups is 1. The van der Waals surface area contributed by atoms with Crippen LogP contribution in [0.1, 0.15) is 20.8 Å². The molecular weight excluding hydrogens is 168 g/mol. The van der Waals surface area contributed by atoms with Crippen LogP contribution < -0.4 is 0 Å². The Morgan fingerprint density at radius 1 is 1.46 bits per heavy atom. The van der Waals surface area contributed by atoms with Gasteiger partial charge in [-0.2, -0.15) is 0 Å². The Labute approximate surface area is 79.7 Å². The number of hydrogen-bond donors (Lipinski definition) is 0. The number of carbonyl (C=O) groups excluding carboxylic acids is 1. The van der Waals surface area contributed by atoms with E-state index in [2.05, 4.69) is 6.58 Å². The quantitative estimate of drug-likeness (QED) is 0.468. The van der Waals surface area contributed by atoms with Gasteiger partial charge in [0.05, 0.1) is 18.8 Å². The molecule has 0 spiro atoms. The molecule has 0 unspecified atom stereocenters. The van der Waals surface area contributed by atoms with E-state index in [1.807, 2.05) is 13.8 Å². The van der Waals surface area contributed by atoms with Gasteiger partial charge in [0, 0.05) is 6.61 Å². The number of rotatable bonds is 6. The molecule has 0 fully saturated rings. The Morgan fingerprint density at radius 2 is 2.08 bits per heavy atom. The third kappa shape index (κ3) is 6.34. The van der Waals surface area contributed by atoms with E-state index in [4.69, 9.17) is 9.47 Å². The SMILES string of the molecule is C=C(COCC(C)C)C(=O)OCC. The molecule has 0 aromatic rings. The van der Waals surface area contributed by atoms with Gasteiger partial charge in [0.25, 0.3) is 0 Å². The number of esters is 1. The normalized spacial score (nSPS) is 10.2. The van der Waals surface area contributed by atoms with Gasteiger partial charge < -0.3 is 9.47 Å². The molecule has 3 nitrogen and oxygen atoms in total. The molecule has 0 radical (unpaired) electrons. The van der Waals surface area contributed by atoms with Gasteiger partial charge in [0.1, 0.15) is 0 Å². The highest BCUT2D eigenvalue weighted by molar-refractivity contribution is 5.87. The van der Waals surface area contributed by atoms with Crippen molar-refractivity contribution in [1.29, 1.82) is 0 Å². The van der Waals surface area contributed by atoms with Crippen molar-refractivity contribution in [3.8, 4) is 0 Å². The van der Waals surface area contributed by atoms with Crippen LogP contribution in [0.15, 0.2) is 12.2 Å². The fourth-order valence-electron chi connectivity index (χ4n) is 0.710. The largest absolute Gasteiger partial charge is 0.463 e. The lowest BCUT2D eigenvalue weighted by atomic mass is 10.2. The lowest BCUT2D eigenvalue weighted by Gasteiger charge is -2.08. The Bertz CT molecular complexity index is 173. The third-order valence-corrected chi connectivity index (χ3v) is 1.29. The summed E-state index contributed by atoms with van der Waals surface area (Å²) in [5.41, 5.74) is 0.377. The lowest BCUT2D eigenvalue weighted by Crippen LogP contribution is -2.13. The van der Waals surface area contributed by atoms with Crippen molar-refractivity contribution in [1.82, 2.24) is 0 Å². The van der Waals surface area contributed by atoms with Gasteiger partial charge >= 0.3 is 5.97 Å². The van der Waals surface area contributed by atoms with Crippen molar-refractivity contribution < 1.29 is 14.3 Å². The smallest absolute Gasteiger partial charge is 0.335 e. The molecule has 0 aromatic heterocycles. The Balaban J connectivity index is 3.56. The van der Waals surface area contributed by atoms with Crippen molar-refractivity contribution in [2.45, 2.75) is 20.8 Å². The minimum Gasteiger partial charge on any atom is -0.463 e. The van der Waals surface area contributed by atoms with E-state index < -0.39 is 0 Å². The van der Waals surface area contributed by atoms with Gasteiger partial charge in [-0.1, -0.05) is 20.4 Å². The van der Waals surface area contributed by atoms with Gasteiger partial charge in [-0.3, -0.25) is 0 Å². The number of ether oxygens (including phenoxy) is 2. The molecular formula is C10H18O3. The second-order valence-corrected chi connectivity index (χ2v) is 3.23. The zero-order chi connectivity index (χ0) is 10.3. The van der Waals surface area contributed by atoms with E-state index in [9.17, 15) is 4.79 Å². The molecule has 0 aliphatic heterocycles. The Kier molecular flexibility index (Phi) is 6.24. The fourth-order valence-corrected chi connectivity index (χ4v) is 0.710. The third-order valence-electron chi connectivity index (χ3n) is 1.29. The van der Waals surface area contributed by atoms with Crippen LogP contribution >= 0.6 is 0 Å². The fraction of sp³-hybridized carbons (Fsp3) is 0.700. The average molecular weight is 186 g/mol. The van der Waals surface area contributed by atoms with E-state index in [0.29, 0.717) is 24.7 Å². The van der Waals surface area contributed by atoms with Gasteiger partial charge in [0.15, 0.2) is 0 Å². The first kappa shape index (κ1) is 12.2. The molecule has 0 aromatic carbocycles. The molecule has 0 rings (SSSR count). The van der Waals surface area contributed by atoms with Gasteiger partial charge in [-0.05, 0) is 12.8 Å². The summed E-state index contributed by atoms with van der Waals surface area (Å²) in [5, 5.41) is 0. The van der Waals surface area contributed by atoms with Crippen molar-refractivity contribution >= 4 is 5.97 Å². The summed E-state index contributed by atoms with van der Waals surface area (Å²) in [6, 6.07) is 0. The summed E-state index contributed by atoms with van der Waals surface area (Å²) in [6.45, 7) is 10.7. The zero-order valence-corrected chi connectivity index (χ0v) is 8.63. The minimum atomic E-state index is -0.369. The predicted molar refractivity (Wildman–Crippen MR) is 51.4 cm³/mol. The number of hydrogen-bond acceptors (Lipinski definition) is 3. The van der Waals surface area contributed by atoms with E-state index in [1.165, 1.54) is 0 Å². The maximum atomic E-state index is 11.0. The molecule has 0 saturated carbocycles. The highest BCUT2D eigenvalue weighted by atomic mass is 16.5. The van der Waals surface area contributed by atoms with Gasteiger partial charge in [0.2, 0.25) is 0 Å². The molecule has 3 heteroatoms. The molecule has 13 heavy (non-hydrogen) atoms. The molecule has 0 atom stereocenters. The van der Waals surface area contributed by atoms with Crippen LogP contribution in [0.2, 0.25) is 0 Å². The van der Waals surface area contributed by atoms with Crippen LogP contribution in [0.3, 0.4) is 0 Å². The van der Waals surface area contributed by atoms with Crippen molar-refractivity contribution in [3.05, 3.63) is 12.2 Å². The van der Waals surface area contributed by atoms with Crippen molar-refractivity contribution in [2.75, 3.05) is 19.8 Å². The summed E-state index contributed by atoms with van der Waals surface area (Å²) < 4.78 is 9.97. The molecule has 0 aliphatic rings. The maximum absolute atomic E-state index is 11.0. The van der Waals surface area contributed by atoms with Crippen LogP contribution in [0.25, 0.3) is 0 Å². The van der Waals surface area contributed by atoms with Gasteiger partial charge in [-0.15, -0.1) is 0 Å². The zero-order valence-electron chi connectivity index (χ0n) is 8.63. The first-order valence-electron chi connectivity index (χ1n) is 4.50. The van der Waals surface area contributed by atoms with E-state index >= 15 is 0 Å². The maximum Gasteiger partial charge on any atom is 0.335 e. The average Bonchev–Trinajstić information content (AvgIpc) is 2.04. The lowest BCUT2D eigenvalue weighted by molar-refractivity contribution is -0.139. The van der Waals surface area contributed by atoms with Gasteiger partial charge in [-0.25, -0.2) is 4.79 Å². The summed E-state index contributed by atoms with van der Waals surface area (Å²) in [4.78, 5) is 11.0. The van der Waals surface area contributed by atoms with Crippen LogP contribution in [-0.4, -0.2) is 25.8 Å². The second kappa shape index (κ2) is 6.66. The molecule has 0 saturated heterocycles. The summed E-state index contributed by atoms with van der Waals surface area (Å²) in [7, 11) is 0. The summed E-state index contributed by atoms with van der Waals surface area (Å²) in [6.07, 6.45) is 0. The van der Waals surface area contributed by atoms with E-state index in [-0.39, 0.29) is 12.6 Å². The highest BCUT2D eigenvalue weighted by Crippen LogP contribution is 1.98. The standard InChI is InChI=1S/C10H18O3/c1-5-13-10(11)9(4)7-12-6-8(2)3/h8H,4-7H2,1-3H3. The van der Waals surface area contributed by atoms with Crippen molar-refractivity contribution in [3.63, 3.8) is 0 Å². The topological polar surface area (TPSA) is 35.5 Å². The Morgan fingerprint density at radius 3 is 2.54 bits per heavy atom. The van der Waals surface area contributed by atoms with E-state index in [0.717, 1.165) is 0 Å². The Hall–Kier alpha value is -0.830. The first-order chi connectivity index (χ1) is 6.07. The van der Waals surface area contributed by atoms with Crippen LogP contribution in [0.5, 0.6) is 0 Å². The molecule has 0 aliphatic carbocycles. The minimum absolute atomic E-state index is 0.261. The first-order valence-corrected chi connectivity index (χ1v) is 4.50. The molecule has 76 valence electrons. The van der Waals surface area contributed by atoms with Crippen LogP contribution in [-0.2, 0) is 14.3 Å². The molecule has 0 heterocycles. The second-order valence-electron chi connectivity index (χ2n) is 3.23. The molecule has 0 amide bonds.